The molecule has 32 heavy (non-hydrogen) atoms. The second-order valence-corrected chi connectivity index (χ2v) is 7.69. The van der Waals surface area contributed by atoms with Gasteiger partial charge in [0.2, 0.25) is 5.78 Å². The predicted molar refractivity (Wildman–Crippen MR) is 116 cm³/mol. The van der Waals surface area contributed by atoms with Crippen molar-refractivity contribution < 1.29 is 29.3 Å². The summed E-state index contributed by atoms with van der Waals surface area (Å²) in [6.07, 6.45) is -4.25. The fraction of sp³-hybridized carbons (Fsp3) is 0.333. The molecule has 170 valence electrons. The Labute approximate surface area is 190 Å². The van der Waals surface area contributed by atoms with Crippen molar-refractivity contribution in [2.24, 2.45) is 0 Å². The minimum absolute atomic E-state index is 0.114. The van der Waals surface area contributed by atoms with Crippen LogP contribution in [0.25, 0.3) is 6.08 Å². The van der Waals surface area contributed by atoms with Crippen LogP contribution in [0.4, 0.5) is 0 Å². The lowest BCUT2D eigenvalue weighted by Gasteiger charge is -2.23. The first-order chi connectivity index (χ1) is 15.2. The number of rotatable bonds is 7. The fourth-order valence-corrected chi connectivity index (χ4v) is 3.58. The Kier molecular flexibility index (Phi) is 7.56. The molecule has 11 heteroatoms. The molecule has 1 aromatic heterocycles. The van der Waals surface area contributed by atoms with Gasteiger partial charge in [0.15, 0.2) is 6.10 Å². The zero-order valence-corrected chi connectivity index (χ0v) is 18.5. The highest BCUT2D eigenvalue weighted by Crippen LogP contribution is 2.30. The Balaban J connectivity index is 1.71. The molecule has 10 nitrogen and oxygen atoms in total. The SMILES string of the molecule is CC(OC(=O)c1ccccc1)C(=O)C(O)[C@H]1O[C@@H](n2cc(C=CBr)c(=O)[nH]c2=O)C[C@@H]1O. The van der Waals surface area contributed by atoms with Crippen molar-refractivity contribution in [3.05, 3.63) is 73.5 Å². The lowest BCUT2D eigenvalue weighted by Crippen LogP contribution is -2.45. The van der Waals surface area contributed by atoms with Crippen molar-refractivity contribution in [3.8, 4) is 0 Å². The number of nitrogens with one attached hydrogen (secondary N) is 1. The number of Topliss-reactive ketones (excluding diaryl/α,β-unsaturated/α-hetero) is 1. The Hall–Kier alpha value is -2.86. The minimum atomic E-state index is -1.81. The van der Waals surface area contributed by atoms with Crippen LogP contribution >= 0.6 is 15.9 Å². The summed E-state index contributed by atoms with van der Waals surface area (Å²) < 4.78 is 11.7. The number of carbonyl (C=O) groups excluding carboxylic acids is 2. The van der Waals surface area contributed by atoms with Gasteiger partial charge in [0.05, 0.1) is 17.2 Å². The van der Waals surface area contributed by atoms with Gasteiger partial charge in [-0.15, -0.1) is 0 Å². The molecule has 1 fully saturated rings. The molecule has 3 rings (SSSR count). The number of halogens is 1. The first kappa shape index (κ1) is 23.8. The van der Waals surface area contributed by atoms with E-state index in [0.29, 0.717) is 0 Å². The molecule has 0 radical (unpaired) electrons. The molecule has 1 aliphatic rings. The molecule has 2 unspecified atom stereocenters. The number of hydrogen-bond acceptors (Lipinski definition) is 8. The van der Waals surface area contributed by atoms with E-state index >= 15 is 0 Å². The number of hydrogen-bond donors (Lipinski definition) is 3. The maximum absolute atomic E-state index is 12.6. The highest BCUT2D eigenvalue weighted by molar-refractivity contribution is 9.11. The Morgan fingerprint density at radius 3 is 2.66 bits per heavy atom. The fourth-order valence-electron chi connectivity index (χ4n) is 3.30. The number of ketones is 1. The molecule has 2 aromatic rings. The zero-order valence-electron chi connectivity index (χ0n) is 16.9. The van der Waals surface area contributed by atoms with E-state index in [9.17, 15) is 29.4 Å². The number of aliphatic hydroxyl groups excluding tert-OH is 2. The smallest absolute Gasteiger partial charge is 0.338 e. The molecule has 3 N–H and O–H groups in total. The van der Waals surface area contributed by atoms with Crippen LogP contribution in [0.2, 0.25) is 0 Å². The number of benzene rings is 1. The van der Waals surface area contributed by atoms with Crippen molar-refractivity contribution in [2.45, 2.75) is 44.0 Å². The second-order valence-electron chi connectivity index (χ2n) is 7.16. The van der Waals surface area contributed by atoms with Crippen LogP contribution < -0.4 is 11.2 Å². The summed E-state index contributed by atoms with van der Waals surface area (Å²) in [6.45, 7) is 1.30. The molecule has 0 spiro atoms. The van der Waals surface area contributed by atoms with Gasteiger partial charge in [-0.1, -0.05) is 34.1 Å². The largest absolute Gasteiger partial charge is 0.451 e. The van der Waals surface area contributed by atoms with E-state index in [2.05, 4.69) is 20.9 Å². The van der Waals surface area contributed by atoms with Crippen molar-refractivity contribution in [1.82, 2.24) is 9.55 Å². The van der Waals surface area contributed by atoms with E-state index in [0.717, 1.165) is 4.57 Å². The highest BCUT2D eigenvalue weighted by atomic mass is 79.9. The monoisotopic (exact) mass is 508 g/mol. The Morgan fingerprint density at radius 2 is 2.00 bits per heavy atom. The van der Waals surface area contributed by atoms with Crippen LogP contribution in [0.3, 0.4) is 0 Å². The average molecular weight is 509 g/mol. The van der Waals surface area contributed by atoms with E-state index in [1.807, 2.05) is 0 Å². The Morgan fingerprint density at radius 1 is 1.31 bits per heavy atom. The van der Waals surface area contributed by atoms with Crippen molar-refractivity contribution >= 4 is 33.8 Å². The topological polar surface area (TPSA) is 148 Å². The maximum Gasteiger partial charge on any atom is 0.338 e. The van der Waals surface area contributed by atoms with Crippen LogP contribution in [0.15, 0.2) is 51.1 Å². The van der Waals surface area contributed by atoms with Crippen molar-refractivity contribution in [2.75, 3.05) is 0 Å². The molecule has 2 heterocycles. The van der Waals surface area contributed by atoms with Crippen molar-refractivity contribution in [3.63, 3.8) is 0 Å². The summed E-state index contributed by atoms with van der Waals surface area (Å²) >= 11 is 3.05. The summed E-state index contributed by atoms with van der Waals surface area (Å²) in [7, 11) is 0. The van der Waals surface area contributed by atoms with Gasteiger partial charge in [-0.25, -0.2) is 9.59 Å². The van der Waals surface area contributed by atoms with Crippen LogP contribution in [0.1, 0.15) is 35.5 Å². The van der Waals surface area contributed by atoms with Gasteiger partial charge in [-0.2, -0.15) is 0 Å². The van der Waals surface area contributed by atoms with E-state index in [-0.39, 0.29) is 17.5 Å². The quantitative estimate of drug-likeness (QED) is 0.463. The third kappa shape index (κ3) is 5.13. The van der Waals surface area contributed by atoms with E-state index < -0.39 is 53.6 Å². The maximum atomic E-state index is 12.6. The third-order valence-corrected chi connectivity index (χ3v) is 5.25. The second kappa shape index (κ2) is 10.2. The first-order valence-electron chi connectivity index (χ1n) is 9.66. The highest BCUT2D eigenvalue weighted by Gasteiger charge is 2.44. The molecule has 0 aliphatic carbocycles. The molecular weight excluding hydrogens is 488 g/mol. The van der Waals surface area contributed by atoms with E-state index in [4.69, 9.17) is 9.47 Å². The molecule has 0 amide bonds. The summed E-state index contributed by atoms with van der Waals surface area (Å²) in [6, 6.07) is 8.03. The first-order valence-corrected chi connectivity index (χ1v) is 10.6. The van der Waals surface area contributed by atoms with Crippen LogP contribution in [-0.2, 0) is 14.3 Å². The zero-order chi connectivity index (χ0) is 23.4. The van der Waals surface area contributed by atoms with Crippen LogP contribution in [0, 0.1) is 0 Å². The molecule has 1 aromatic carbocycles. The number of esters is 1. The van der Waals surface area contributed by atoms with Gasteiger partial charge in [0.25, 0.3) is 5.56 Å². The third-order valence-electron chi connectivity index (χ3n) is 4.98. The number of H-pyrrole nitrogens is 1. The lowest BCUT2D eigenvalue weighted by atomic mass is 10.0. The standard InChI is InChI=1S/C21H21BrN2O8/c1-11(31-20(29)12-5-3-2-4-6-12)16(26)17(27)18-14(25)9-15(32-18)24-10-13(7-8-22)19(28)23-21(24)30/h2-8,10-11,14-15,17-18,25,27H,9H2,1H3,(H,23,28,30)/t11?,14-,15+,17?,18-/m0/s1. The van der Waals surface area contributed by atoms with Crippen molar-refractivity contribution in [1.29, 1.82) is 0 Å². The van der Waals surface area contributed by atoms with Gasteiger partial charge in [0, 0.05) is 12.6 Å². The summed E-state index contributed by atoms with van der Waals surface area (Å²) in [4.78, 5) is 52.3. The summed E-state index contributed by atoms with van der Waals surface area (Å²) in [5.41, 5.74) is -0.988. The lowest BCUT2D eigenvalue weighted by molar-refractivity contribution is -0.149. The molecule has 1 saturated heterocycles. The van der Waals surface area contributed by atoms with E-state index in [1.165, 1.54) is 36.3 Å². The van der Waals surface area contributed by atoms with Gasteiger partial charge in [-0.05, 0) is 30.1 Å². The number of carbonyl (C=O) groups is 2. The van der Waals surface area contributed by atoms with Gasteiger partial charge in [0.1, 0.15) is 18.4 Å². The molecular formula is C21H21BrN2O8. The number of aromatic amines is 1. The number of nitrogens with zero attached hydrogens (tertiary/aromatic N) is 1. The molecule has 0 saturated carbocycles. The van der Waals surface area contributed by atoms with Gasteiger partial charge in [-0.3, -0.25) is 19.1 Å². The number of ether oxygens (including phenoxy) is 2. The Bertz CT molecular complexity index is 1130. The molecule has 1 aliphatic heterocycles. The van der Waals surface area contributed by atoms with Crippen LogP contribution in [-0.4, -0.2) is 55.9 Å². The summed E-state index contributed by atoms with van der Waals surface area (Å²) in [5, 5.41) is 20.8. The number of aliphatic hydroxyl groups is 2. The van der Waals surface area contributed by atoms with Gasteiger partial charge < -0.3 is 19.7 Å². The summed E-state index contributed by atoms with van der Waals surface area (Å²) in [5.74, 6) is -1.60. The van der Waals surface area contributed by atoms with Crippen LogP contribution in [0.5, 0.6) is 0 Å². The molecule has 0 bridgehead atoms. The molecule has 5 atom stereocenters. The van der Waals surface area contributed by atoms with E-state index in [1.54, 1.807) is 18.2 Å². The predicted octanol–water partition coefficient (Wildman–Crippen LogP) is 0.726. The normalized spacial score (nSPS) is 22.6. The number of aromatic nitrogens is 2. The van der Waals surface area contributed by atoms with Gasteiger partial charge >= 0.3 is 11.7 Å². The minimum Gasteiger partial charge on any atom is -0.451 e. The average Bonchev–Trinajstić information content (AvgIpc) is 3.16.